The number of carbonyl (C=O) groups is 2. The molecule has 8 heteroatoms. The molecule has 1 aromatic carbocycles. The lowest BCUT2D eigenvalue weighted by Crippen LogP contribution is -2.59. The summed E-state index contributed by atoms with van der Waals surface area (Å²) in [5.41, 5.74) is -2.00. The fourth-order valence-corrected chi connectivity index (χ4v) is 4.08. The number of piperidine rings is 1. The number of carbonyl (C=O) groups excluding carboxylic acids is 2. The predicted octanol–water partition coefficient (Wildman–Crippen LogP) is 4.90. The Morgan fingerprint density at radius 1 is 1.33 bits per heavy atom. The molecule has 2 aliphatic heterocycles. The standard InChI is InChI=1S/C19H24ClFN2O4/c1-17(2,3)27-16(25)23-9-18(4,5)8-19(10-23)13-12(22-15(24)26-19)7-6-11(20)14(13)21/h6-7H,8-10H2,1-5H3,(H,22,24)/t19-/m0/s1. The number of halogens is 2. The Kier molecular flexibility index (Phi) is 4.57. The lowest BCUT2D eigenvalue weighted by molar-refractivity contribution is -0.0904. The number of nitrogens with zero attached hydrogens (tertiary/aromatic N) is 1. The van der Waals surface area contributed by atoms with Gasteiger partial charge in [-0.1, -0.05) is 25.4 Å². The van der Waals surface area contributed by atoms with Crippen molar-refractivity contribution in [1.82, 2.24) is 4.90 Å². The largest absolute Gasteiger partial charge is 0.444 e. The van der Waals surface area contributed by atoms with Crippen LogP contribution in [0.15, 0.2) is 12.1 Å². The molecule has 6 nitrogen and oxygen atoms in total. The Balaban J connectivity index is 2.08. The third-order valence-corrected chi connectivity index (χ3v) is 4.85. The summed E-state index contributed by atoms with van der Waals surface area (Å²) in [6.45, 7) is 9.57. The highest BCUT2D eigenvalue weighted by Crippen LogP contribution is 2.49. The summed E-state index contributed by atoms with van der Waals surface area (Å²) in [5.74, 6) is -0.656. The molecule has 1 atom stereocenters. The zero-order valence-corrected chi connectivity index (χ0v) is 16.9. The van der Waals surface area contributed by atoms with Crippen LogP contribution in [0.3, 0.4) is 0 Å². The van der Waals surface area contributed by atoms with Gasteiger partial charge in [0.15, 0.2) is 11.4 Å². The van der Waals surface area contributed by atoms with Crippen LogP contribution in [0.5, 0.6) is 0 Å². The summed E-state index contributed by atoms with van der Waals surface area (Å²) < 4.78 is 26.1. The number of benzene rings is 1. The van der Waals surface area contributed by atoms with E-state index in [-0.39, 0.29) is 17.1 Å². The summed E-state index contributed by atoms with van der Waals surface area (Å²) in [5, 5.41) is 2.45. The number of hydrogen-bond donors (Lipinski definition) is 1. The number of hydrogen-bond acceptors (Lipinski definition) is 4. The quantitative estimate of drug-likeness (QED) is 0.674. The highest BCUT2D eigenvalue weighted by atomic mass is 35.5. The molecule has 1 saturated heterocycles. The average molecular weight is 399 g/mol. The van der Waals surface area contributed by atoms with E-state index in [1.165, 1.54) is 11.0 Å². The first-order valence-electron chi connectivity index (χ1n) is 8.78. The number of ether oxygens (including phenoxy) is 2. The molecule has 2 heterocycles. The first-order chi connectivity index (χ1) is 12.3. The fraction of sp³-hybridized carbons (Fsp3) is 0.579. The molecule has 2 aliphatic rings. The van der Waals surface area contributed by atoms with Crippen LogP contribution >= 0.6 is 11.6 Å². The van der Waals surface area contributed by atoms with Gasteiger partial charge in [0.05, 0.1) is 22.8 Å². The molecule has 3 rings (SSSR count). The smallest absolute Gasteiger partial charge is 0.412 e. The van der Waals surface area contributed by atoms with Crippen LogP contribution in [0, 0.1) is 11.2 Å². The van der Waals surface area contributed by atoms with Crippen LogP contribution in [0.25, 0.3) is 0 Å². The first-order valence-corrected chi connectivity index (χ1v) is 9.16. The van der Waals surface area contributed by atoms with Crippen molar-refractivity contribution >= 4 is 29.5 Å². The first kappa shape index (κ1) is 19.7. The molecule has 1 aromatic rings. The van der Waals surface area contributed by atoms with E-state index in [1.54, 1.807) is 26.8 Å². The van der Waals surface area contributed by atoms with Gasteiger partial charge >= 0.3 is 12.2 Å². The Bertz CT molecular complexity index is 806. The molecule has 27 heavy (non-hydrogen) atoms. The van der Waals surface area contributed by atoms with Crippen LogP contribution in [0.1, 0.15) is 46.6 Å². The maximum Gasteiger partial charge on any atom is 0.412 e. The lowest BCUT2D eigenvalue weighted by Gasteiger charge is -2.50. The van der Waals surface area contributed by atoms with E-state index in [4.69, 9.17) is 21.1 Å². The van der Waals surface area contributed by atoms with Crippen molar-refractivity contribution in [1.29, 1.82) is 0 Å². The van der Waals surface area contributed by atoms with E-state index in [2.05, 4.69) is 5.32 Å². The minimum Gasteiger partial charge on any atom is -0.444 e. The summed E-state index contributed by atoms with van der Waals surface area (Å²) in [6, 6.07) is 2.93. The normalized spacial score (nSPS) is 24.1. The van der Waals surface area contributed by atoms with Crippen LogP contribution in [0.4, 0.5) is 19.7 Å². The average Bonchev–Trinajstić information content (AvgIpc) is 2.47. The number of likely N-dealkylation sites (tertiary alicyclic amines) is 1. The van der Waals surface area contributed by atoms with Crippen LogP contribution < -0.4 is 5.32 Å². The lowest BCUT2D eigenvalue weighted by atomic mass is 9.72. The number of rotatable bonds is 0. The Labute approximate surface area is 162 Å². The van der Waals surface area contributed by atoms with Gasteiger partial charge in [-0.15, -0.1) is 0 Å². The van der Waals surface area contributed by atoms with E-state index in [0.29, 0.717) is 18.7 Å². The van der Waals surface area contributed by atoms with Gasteiger partial charge in [0, 0.05) is 13.0 Å². The summed E-state index contributed by atoms with van der Waals surface area (Å²) in [4.78, 5) is 26.4. The molecule has 0 bridgehead atoms. The molecule has 2 amide bonds. The molecule has 0 aliphatic carbocycles. The second kappa shape index (κ2) is 6.26. The van der Waals surface area contributed by atoms with E-state index in [9.17, 15) is 14.0 Å². The van der Waals surface area contributed by atoms with Crippen LogP contribution in [-0.4, -0.2) is 35.8 Å². The van der Waals surface area contributed by atoms with Gasteiger partial charge in [-0.3, -0.25) is 5.32 Å². The van der Waals surface area contributed by atoms with Gasteiger partial charge in [0.2, 0.25) is 0 Å². The second-order valence-corrected chi connectivity index (χ2v) is 9.38. The van der Waals surface area contributed by atoms with E-state index in [1.807, 2.05) is 13.8 Å². The molecular formula is C19H24ClFN2O4. The number of nitrogens with one attached hydrogen (secondary N) is 1. The molecule has 0 saturated carbocycles. The number of amides is 2. The Hall–Kier alpha value is -2.02. The monoisotopic (exact) mass is 398 g/mol. The van der Waals surface area contributed by atoms with Crippen molar-refractivity contribution in [3.05, 3.63) is 28.5 Å². The fourth-order valence-electron chi connectivity index (χ4n) is 3.92. The summed E-state index contributed by atoms with van der Waals surface area (Å²) >= 11 is 5.99. The third kappa shape index (κ3) is 3.83. The van der Waals surface area contributed by atoms with E-state index >= 15 is 0 Å². The zero-order chi connectivity index (χ0) is 20.2. The number of anilines is 1. The van der Waals surface area contributed by atoms with Crippen molar-refractivity contribution in [2.24, 2.45) is 5.41 Å². The van der Waals surface area contributed by atoms with Crippen molar-refractivity contribution in [3.63, 3.8) is 0 Å². The molecule has 148 valence electrons. The predicted molar refractivity (Wildman–Crippen MR) is 99.4 cm³/mol. The molecule has 0 aromatic heterocycles. The minimum absolute atomic E-state index is 0.0109. The van der Waals surface area contributed by atoms with Crippen molar-refractivity contribution in [2.75, 3.05) is 18.4 Å². The maximum absolute atomic E-state index is 15.0. The molecule has 0 unspecified atom stereocenters. The molecule has 1 spiro atoms. The van der Waals surface area contributed by atoms with Crippen LogP contribution in [0.2, 0.25) is 5.02 Å². The molecule has 1 fully saturated rings. The molecular weight excluding hydrogens is 375 g/mol. The van der Waals surface area contributed by atoms with Gasteiger partial charge in [0.25, 0.3) is 0 Å². The van der Waals surface area contributed by atoms with Gasteiger partial charge in [-0.05, 0) is 38.3 Å². The van der Waals surface area contributed by atoms with Gasteiger partial charge < -0.3 is 14.4 Å². The highest BCUT2D eigenvalue weighted by molar-refractivity contribution is 6.31. The van der Waals surface area contributed by atoms with E-state index < -0.39 is 34.6 Å². The zero-order valence-electron chi connectivity index (χ0n) is 16.1. The topological polar surface area (TPSA) is 67.9 Å². The SMILES string of the molecule is CC1(C)CN(C(=O)OC(C)(C)C)C[C@]2(C1)OC(=O)Nc1ccc(Cl)c(F)c12. The van der Waals surface area contributed by atoms with Crippen molar-refractivity contribution < 1.29 is 23.5 Å². The summed E-state index contributed by atoms with van der Waals surface area (Å²) in [7, 11) is 0. The van der Waals surface area contributed by atoms with Crippen molar-refractivity contribution in [2.45, 2.75) is 52.2 Å². The van der Waals surface area contributed by atoms with Crippen molar-refractivity contribution in [3.8, 4) is 0 Å². The van der Waals surface area contributed by atoms with Gasteiger partial charge in [-0.25, -0.2) is 14.0 Å². The highest BCUT2D eigenvalue weighted by Gasteiger charge is 2.53. The Morgan fingerprint density at radius 2 is 2.00 bits per heavy atom. The van der Waals surface area contributed by atoms with E-state index in [0.717, 1.165) is 0 Å². The maximum atomic E-state index is 15.0. The van der Waals surface area contributed by atoms with Gasteiger partial charge in [-0.2, -0.15) is 0 Å². The molecule has 0 radical (unpaired) electrons. The third-order valence-electron chi connectivity index (χ3n) is 4.56. The van der Waals surface area contributed by atoms with Crippen LogP contribution in [-0.2, 0) is 15.1 Å². The number of fused-ring (bicyclic) bond motifs is 2. The second-order valence-electron chi connectivity index (χ2n) is 8.97. The summed E-state index contributed by atoms with van der Waals surface area (Å²) in [6.07, 6.45) is -0.879. The Morgan fingerprint density at radius 3 is 2.63 bits per heavy atom. The molecule has 1 N–H and O–H groups in total. The minimum atomic E-state index is -1.34. The van der Waals surface area contributed by atoms with Gasteiger partial charge in [0.1, 0.15) is 5.60 Å².